The Morgan fingerprint density at radius 2 is 1.70 bits per heavy atom. The smallest absolute Gasteiger partial charge is 0.202 e. The molecule has 0 aromatic heterocycles. The van der Waals surface area contributed by atoms with E-state index in [0.717, 1.165) is 12.8 Å². The van der Waals surface area contributed by atoms with Crippen molar-refractivity contribution in [1.82, 2.24) is 0 Å². The van der Waals surface area contributed by atoms with Crippen molar-refractivity contribution in [2.75, 3.05) is 20.3 Å². The molecule has 2 aliphatic carbocycles. The fourth-order valence-electron chi connectivity index (χ4n) is 5.40. The van der Waals surface area contributed by atoms with E-state index in [0.29, 0.717) is 13.0 Å². The zero-order chi connectivity index (χ0) is 29.8. The van der Waals surface area contributed by atoms with Gasteiger partial charge in [-0.1, -0.05) is 39.8 Å². The van der Waals surface area contributed by atoms with E-state index in [1.165, 1.54) is 25.3 Å². The molecule has 0 saturated carbocycles. The average Bonchev–Trinajstić information content (AvgIpc) is 2.99. The summed E-state index contributed by atoms with van der Waals surface area (Å²) in [6.07, 6.45) is -0.549. The number of carbonyl (C=O) groups excluding carboxylic acids is 3. The number of aromatic hydroxyl groups is 2. The Hall–Kier alpha value is -3.31. The Morgan fingerprint density at radius 1 is 1.02 bits per heavy atom. The summed E-state index contributed by atoms with van der Waals surface area (Å²) >= 11 is 0. The van der Waals surface area contributed by atoms with Crippen LogP contribution in [-0.2, 0) is 20.7 Å². The Bertz CT molecular complexity index is 1280. The third kappa shape index (κ3) is 5.24. The molecule has 10 nitrogen and oxygen atoms in total. The number of hydrogen-bond donors (Lipinski definition) is 4. The topological polar surface area (TPSA) is 160 Å². The standard InChI is InChI=1S/C26H26O10.2C2H6/c1-34-14-6-4-5-12-18(14)24(31)21-20(22(12)29)23(30)13-9-26(33,16(28)11-27)10-15(19(13)25(21)32)36-17-7-2-3-8-35-17;2*1-2/h4-6,15,17,27,30,32-33H,2-3,7-11H2,1H3;2*1-2H3. The monoisotopic (exact) mass is 558 g/mol. The molecule has 0 radical (unpaired) electrons. The lowest BCUT2D eigenvalue weighted by molar-refractivity contribution is -0.204. The van der Waals surface area contributed by atoms with Crippen LogP contribution in [0.5, 0.6) is 17.2 Å². The summed E-state index contributed by atoms with van der Waals surface area (Å²) < 4.78 is 16.9. The van der Waals surface area contributed by atoms with Crippen LogP contribution in [0.25, 0.3) is 0 Å². The van der Waals surface area contributed by atoms with Crippen LogP contribution in [0.4, 0.5) is 0 Å². The van der Waals surface area contributed by atoms with E-state index in [9.17, 15) is 34.8 Å². The second-order valence-corrected chi connectivity index (χ2v) is 9.30. The van der Waals surface area contributed by atoms with Crippen molar-refractivity contribution in [3.8, 4) is 17.2 Å². The van der Waals surface area contributed by atoms with Gasteiger partial charge in [-0.3, -0.25) is 14.4 Å². The molecule has 0 spiro atoms. The Balaban J connectivity index is 0.00000106. The van der Waals surface area contributed by atoms with Gasteiger partial charge in [0.25, 0.3) is 0 Å². The Morgan fingerprint density at radius 3 is 2.30 bits per heavy atom. The zero-order valence-corrected chi connectivity index (χ0v) is 23.6. The summed E-state index contributed by atoms with van der Waals surface area (Å²) in [7, 11) is 1.35. The van der Waals surface area contributed by atoms with Gasteiger partial charge in [0.15, 0.2) is 17.9 Å². The van der Waals surface area contributed by atoms with Gasteiger partial charge in [-0.15, -0.1) is 0 Å². The minimum Gasteiger partial charge on any atom is -0.507 e. The lowest BCUT2D eigenvalue weighted by Gasteiger charge is -2.40. The number of rotatable bonds is 5. The number of benzene rings is 2. The minimum atomic E-state index is -2.14. The molecule has 3 unspecified atom stereocenters. The number of carbonyl (C=O) groups is 3. The summed E-state index contributed by atoms with van der Waals surface area (Å²) in [5, 5.41) is 43.3. The predicted octanol–water partition coefficient (Wildman–Crippen LogP) is 3.76. The van der Waals surface area contributed by atoms with E-state index in [1.807, 2.05) is 27.7 Å². The molecule has 4 N–H and O–H groups in total. The minimum absolute atomic E-state index is 0.00432. The summed E-state index contributed by atoms with van der Waals surface area (Å²) in [5.41, 5.74) is -3.12. The first-order valence-electron chi connectivity index (χ1n) is 13.7. The van der Waals surface area contributed by atoms with Gasteiger partial charge in [-0.2, -0.15) is 0 Å². The van der Waals surface area contributed by atoms with Crippen molar-refractivity contribution in [3.05, 3.63) is 51.6 Å². The maximum Gasteiger partial charge on any atom is 0.202 e. The normalized spacial score (nSPS) is 22.9. The molecule has 3 atom stereocenters. The van der Waals surface area contributed by atoms with E-state index in [4.69, 9.17) is 14.2 Å². The van der Waals surface area contributed by atoms with Gasteiger partial charge < -0.3 is 34.6 Å². The van der Waals surface area contributed by atoms with Gasteiger partial charge in [0.2, 0.25) is 5.78 Å². The first-order valence-corrected chi connectivity index (χ1v) is 13.7. The maximum absolute atomic E-state index is 13.6. The molecular weight excluding hydrogens is 520 g/mol. The number of fused-ring (bicyclic) bond motifs is 3. The Kier molecular flexibility index (Phi) is 10.1. The van der Waals surface area contributed by atoms with E-state index >= 15 is 0 Å². The molecule has 10 heteroatoms. The summed E-state index contributed by atoms with van der Waals surface area (Å²) in [6.45, 7) is 7.48. The second-order valence-electron chi connectivity index (χ2n) is 9.30. The molecule has 3 aliphatic rings. The maximum atomic E-state index is 13.6. The lowest BCUT2D eigenvalue weighted by Crippen LogP contribution is -2.48. The van der Waals surface area contributed by atoms with Crippen LogP contribution in [0.2, 0.25) is 0 Å². The van der Waals surface area contributed by atoms with Gasteiger partial charge in [0.05, 0.1) is 29.9 Å². The first kappa shape index (κ1) is 31.2. The number of ether oxygens (including phenoxy) is 3. The zero-order valence-electron chi connectivity index (χ0n) is 23.6. The molecule has 1 aliphatic heterocycles. The van der Waals surface area contributed by atoms with Crippen molar-refractivity contribution in [2.24, 2.45) is 0 Å². The van der Waals surface area contributed by atoms with Crippen molar-refractivity contribution >= 4 is 17.3 Å². The van der Waals surface area contributed by atoms with Gasteiger partial charge in [-0.25, -0.2) is 0 Å². The number of phenols is 2. The Labute approximate surface area is 233 Å². The number of aliphatic hydroxyl groups is 2. The lowest BCUT2D eigenvalue weighted by atomic mass is 9.72. The third-order valence-electron chi connectivity index (χ3n) is 7.19. The molecule has 2 aromatic rings. The van der Waals surface area contributed by atoms with Crippen molar-refractivity contribution in [2.45, 2.75) is 77.8 Å². The van der Waals surface area contributed by atoms with E-state index in [2.05, 4.69) is 0 Å². The van der Waals surface area contributed by atoms with Crippen LogP contribution < -0.4 is 4.74 Å². The van der Waals surface area contributed by atoms with Gasteiger partial charge in [-0.05, 0) is 25.3 Å². The second kappa shape index (κ2) is 12.9. The molecule has 0 amide bonds. The average molecular weight is 559 g/mol. The molecule has 1 fully saturated rings. The molecule has 40 heavy (non-hydrogen) atoms. The van der Waals surface area contributed by atoms with Gasteiger partial charge in [0, 0.05) is 36.1 Å². The summed E-state index contributed by atoms with van der Waals surface area (Å²) in [6, 6.07) is 4.45. The number of methoxy groups -OCH3 is 1. The van der Waals surface area contributed by atoms with E-state index in [1.54, 1.807) is 0 Å². The highest BCUT2D eigenvalue weighted by molar-refractivity contribution is 6.31. The quantitative estimate of drug-likeness (QED) is 0.340. The summed E-state index contributed by atoms with van der Waals surface area (Å²) in [4.78, 5) is 39.5. The van der Waals surface area contributed by atoms with Crippen LogP contribution in [0.1, 0.15) is 102 Å². The largest absolute Gasteiger partial charge is 0.507 e. The fraction of sp³-hybridized carbons (Fsp3) is 0.500. The van der Waals surface area contributed by atoms with Crippen LogP contribution in [0.15, 0.2) is 18.2 Å². The van der Waals surface area contributed by atoms with E-state index in [-0.39, 0.29) is 34.4 Å². The number of hydrogen-bond acceptors (Lipinski definition) is 10. The molecule has 0 bridgehead atoms. The SMILES string of the molecule is CC.CC.COc1cccc2c1C(=O)c1c(O)c3c(c(O)c1C2=O)CC(O)(C(=O)CO)CC3OC1CCCCO1. The highest BCUT2D eigenvalue weighted by Gasteiger charge is 2.49. The fourth-order valence-corrected chi connectivity index (χ4v) is 5.40. The number of aliphatic hydroxyl groups excluding tert-OH is 1. The van der Waals surface area contributed by atoms with Crippen molar-refractivity contribution < 1.29 is 49.0 Å². The van der Waals surface area contributed by atoms with Gasteiger partial charge >= 0.3 is 0 Å². The summed E-state index contributed by atoms with van der Waals surface area (Å²) in [5.74, 6) is -3.41. The van der Waals surface area contributed by atoms with Crippen LogP contribution in [0.3, 0.4) is 0 Å². The number of Topliss-reactive ketones (excluding diaryl/α,β-unsaturated/α-hetero) is 1. The highest BCUT2D eigenvalue weighted by Crippen LogP contribution is 2.52. The molecular formula is C30H38O10. The molecule has 218 valence electrons. The van der Waals surface area contributed by atoms with Crippen molar-refractivity contribution in [3.63, 3.8) is 0 Å². The molecule has 1 saturated heterocycles. The molecule has 2 aromatic carbocycles. The van der Waals surface area contributed by atoms with Crippen molar-refractivity contribution in [1.29, 1.82) is 0 Å². The number of phenolic OH excluding ortho intramolecular Hbond substituents is 2. The van der Waals surface area contributed by atoms with Crippen LogP contribution >= 0.6 is 0 Å². The van der Waals surface area contributed by atoms with Crippen LogP contribution in [0, 0.1) is 0 Å². The number of ketones is 3. The van der Waals surface area contributed by atoms with E-state index < -0.39 is 71.0 Å². The molecule has 1 heterocycles. The molecule has 5 rings (SSSR count). The highest BCUT2D eigenvalue weighted by atomic mass is 16.7. The first-order chi connectivity index (χ1) is 19.2. The van der Waals surface area contributed by atoms with Gasteiger partial charge in [0.1, 0.15) is 29.5 Å². The predicted molar refractivity (Wildman–Crippen MR) is 145 cm³/mol. The third-order valence-corrected chi connectivity index (χ3v) is 7.19. The van der Waals surface area contributed by atoms with Crippen LogP contribution in [-0.4, -0.2) is 70.0 Å².